The second kappa shape index (κ2) is 6.55. The SMILES string of the molecule is CCNC(c1cc(Cl)c(OC)cc1Cl)C1(C)CCCC1. The number of hydrogen-bond donors (Lipinski definition) is 1. The van der Waals surface area contributed by atoms with Gasteiger partial charge in [0, 0.05) is 17.1 Å². The Balaban J connectivity index is 2.41. The van der Waals surface area contributed by atoms with Crippen molar-refractivity contribution in [1.82, 2.24) is 5.32 Å². The van der Waals surface area contributed by atoms with E-state index in [4.69, 9.17) is 27.9 Å². The highest BCUT2D eigenvalue weighted by molar-refractivity contribution is 6.34. The molecule has 1 aromatic rings. The fraction of sp³-hybridized carbons (Fsp3) is 0.625. The van der Waals surface area contributed by atoms with Crippen molar-refractivity contribution in [2.75, 3.05) is 13.7 Å². The van der Waals surface area contributed by atoms with Crippen LogP contribution in [0.4, 0.5) is 0 Å². The van der Waals surface area contributed by atoms with Gasteiger partial charge < -0.3 is 10.1 Å². The molecule has 0 aromatic heterocycles. The number of halogens is 2. The molecule has 20 heavy (non-hydrogen) atoms. The van der Waals surface area contributed by atoms with Crippen LogP contribution in [0.5, 0.6) is 5.75 Å². The molecule has 112 valence electrons. The average molecular weight is 316 g/mol. The Kier molecular flexibility index (Phi) is 5.22. The van der Waals surface area contributed by atoms with Gasteiger partial charge in [-0.05, 0) is 36.4 Å². The van der Waals surface area contributed by atoms with Crippen LogP contribution in [0.1, 0.15) is 51.1 Å². The van der Waals surface area contributed by atoms with Gasteiger partial charge in [0.05, 0.1) is 12.1 Å². The van der Waals surface area contributed by atoms with Crippen molar-refractivity contribution in [3.05, 3.63) is 27.7 Å². The number of rotatable bonds is 5. The van der Waals surface area contributed by atoms with E-state index < -0.39 is 0 Å². The Morgan fingerprint density at radius 1 is 1.25 bits per heavy atom. The van der Waals surface area contributed by atoms with Crippen LogP contribution in [0, 0.1) is 5.41 Å². The fourth-order valence-electron chi connectivity index (χ4n) is 3.33. The lowest BCUT2D eigenvalue weighted by atomic mass is 9.77. The molecule has 1 fully saturated rings. The molecule has 4 heteroatoms. The molecular weight excluding hydrogens is 293 g/mol. The van der Waals surface area contributed by atoms with E-state index in [9.17, 15) is 0 Å². The van der Waals surface area contributed by atoms with Gasteiger partial charge in [-0.25, -0.2) is 0 Å². The summed E-state index contributed by atoms with van der Waals surface area (Å²) < 4.78 is 5.23. The van der Waals surface area contributed by atoms with Crippen LogP contribution in [0.25, 0.3) is 0 Å². The minimum Gasteiger partial charge on any atom is -0.495 e. The first-order chi connectivity index (χ1) is 9.51. The summed E-state index contributed by atoms with van der Waals surface area (Å²) in [7, 11) is 1.61. The maximum Gasteiger partial charge on any atom is 0.138 e. The van der Waals surface area contributed by atoms with Crippen molar-refractivity contribution in [3.63, 3.8) is 0 Å². The van der Waals surface area contributed by atoms with E-state index in [0.717, 1.165) is 17.1 Å². The highest BCUT2D eigenvalue weighted by Gasteiger charge is 2.38. The van der Waals surface area contributed by atoms with Gasteiger partial charge in [-0.15, -0.1) is 0 Å². The number of benzene rings is 1. The normalized spacial score (nSPS) is 19.1. The summed E-state index contributed by atoms with van der Waals surface area (Å²) in [4.78, 5) is 0. The highest BCUT2D eigenvalue weighted by atomic mass is 35.5. The second-order valence-electron chi connectivity index (χ2n) is 5.86. The van der Waals surface area contributed by atoms with Gasteiger partial charge in [0.25, 0.3) is 0 Å². The van der Waals surface area contributed by atoms with Crippen LogP contribution in [0.15, 0.2) is 12.1 Å². The lowest BCUT2D eigenvalue weighted by molar-refractivity contribution is 0.226. The van der Waals surface area contributed by atoms with E-state index in [2.05, 4.69) is 19.2 Å². The maximum atomic E-state index is 6.47. The molecule has 0 saturated heterocycles. The number of ether oxygens (including phenoxy) is 1. The molecule has 1 aliphatic carbocycles. The Morgan fingerprint density at radius 3 is 2.45 bits per heavy atom. The van der Waals surface area contributed by atoms with Crippen molar-refractivity contribution in [1.29, 1.82) is 0 Å². The van der Waals surface area contributed by atoms with E-state index in [1.807, 2.05) is 12.1 Å². The predicted octanol–water partition coefficient (Wildman–Crippen LogP) is 5.23. The summed E-state index contributed by atoms with van der Waals surface area (Å²) in [6, 6.07) is 4.02. The monoisotopic (exact) mass is 315 g/mol. The van der Waals surface area contributed by atoms with E-state index in [-0.39, 0.29) is 11.5 Å². The van der Waals surface area contributed by atoms with E-state index in [1.54, 1.807) is 7.11 Å². The average Bonchev–Trinajstić information content (AvgIpc) is 2.86. The quantitative estimate of drug-likeness (QED) is 0.803. The lowest BCUT2D eigenvalue weighted by Crippen LogP contribution is -2.34. The van der Waals surface area contributed by atoms with Crippen molar-refractivity contribution >= 4 is 23.2 Å². The van der Waals surface area contributed by atoms with Gasteiger partial charge in [-0.3, -0.25) is 0 Å². The Hall–Kier alpha value is -0.440. The van der Waals surface area contributed by atoms with Gasteiger partial charge >= 0.3 is 0 Å². The molecule has 1 saturated carbocycles. The molecule has 0 bridgehead atoms. The van der Waals surface area contributed by atoms with Crippen LogP contribution in [-0.2, 0) is 0 Å². The minimum atomic E-state index is 0.242. The summed E-state index contributed by atoms with van der Waals surface area (Å²) in [6.07, 6.45) is 5.04. The van der Waals surface area contributed by atoms with E-state index in [1.165, 1.54) is 25.7 Å². The smallest absolute Gasteiger partial charge is 0.138 e. The number of nitrogens with one attached hydrogen (secondary N) is 1. The molecule has 1 atom stereocenters. The summed E-state index contributed by atoms with van der Waals surface area (Å²) in [5.74, 6) is 0.632. The molecule has 1 unspecified atom stereocenters. The Bertz CT molecular complexity index is 470. The molecule has 0 aliphatic heterocycles. The van der Waals surface area contributed by atoms with Crippen LogP contribution < -0.4 is 10.1 Å². The Morgan fingerprint density at radius 2 is 1.90 bits per heavy atom. The molecule has 0 radical (unpaired) electrons. The molecule has 1 aliphatic rings. The molecule has 0 heterocycles. The zero-order chi connectivity index (χ0) is 14.8. The first-order valence-corrected chi connectivity index (χ1v) is 8.03. The van der Waals surface area contributed by atoms with Gasteiger partial charge in [0.1, 0.15) is 5.75 Å². The van der Waals surface area contributed by atoms with Crippen molar-refractivity contribution < 1.29 is 4.74 Å². The summed E-state index contributed by atoms with van der Waals surface area (Å²) >= 11 is 12.8. The van der Waals surface area contributed by atoms with Crippen molar-refractivity contribution in [3.8, 4) is 5.75 Å². The predicted molar refractivity (Wildman–Crippen MR) is 86.0 cm³/mol. The molecule has 1 N–H and O–H groups in total. The third kappa shape index (κ3) is 3.08. The summed E-state index contributed by atoms with van der Waals surface area (Å²) in [6.45, 7) is 5.40. The number of methoxy groups -OCH3 is 1. The zero-order valence-electron chi connectivity index (χ0n) is 12.4. The van der Waals surface area contributed by atoms with Gasteiger partial charge in [-0.1, -0.05) is 49.9 Å². The molecule has 1 aromatic carbocycles. The van der Waals surface area contributed by atoms with Gasteiger partial charge in [0.2, 0.25) is 0 Å². The fourth-order valence-corrected chi connectivity index (χ4v) is 3.84. The summed E-state index contributed by atoms with van der Waals surface area (Å²) in [5, 5.41) is 4.95. The van der Waals surface area contributed by atoms with Crippen LogP contribution in [-0.4, -0.2) is 13.7 Å². The first-order valence-electron chi connectivity index (χ1n) is 7.28. The van der Waals surface area contributed by atoms with Crippen molar-refractivity contribution in [2.45, 2.75) is 45.6 Å². The third-order valence-electron chi connectivity index (χ3n) is 4.43. The number of hydrogen-bond acceptors (Lipinski definition) is 2. The molecule has 0 spiro atoms. The minimum absolute atomic E-state index is 0.242. The topological polar surface area (TPSA) is 21.3 Å². The van der Waals surface area contributed by atoms with E-state index in [0.29, 0.717) is 10.8 Å². The van der Waals surface area contributed by atoms with Crippen LogP contribution in [0.2, 0.25) is 10.0 Å². The van der Waals surface area contributed by atoms with Gasteiger partial charge in [-0.2, -0.15) is 0 Å². The van der Waals surface area contributed by atoms with Crippen LogP contribution >= 0.6 is 23.2 Å². The molecule has 2 nitrogen and oxygen atoms in total. The Labute approximate surface area is 131 Å². The standard InChI is InChI=1S/C16H23Cl2NO/c1-4-19-15(16(2)7-5-6-8-16)11-9-13(18)14(20-3)10-12(11)17/h9-10,15,19H,4-8H2,1-3H3. The van der Waals surface area contributed by atoms with Crippen molar-refractivity contribution in [2.24, 2.45) is 5.41 Å². The lowest BCUT2D eigenvalue weighted by Gasteiger charge is -2.36. The van der Waals surface area contributed by atoms with E-state index >= 15 is 0 Å². The van der Waals surface area contributed by atoms with Crippen LogP contribution in [0.3, 0.4) is 0 Å². The zero-order valence-corrected chi connectivity index (χ0v) is 13.9. The highest BCUT2D eigenvalue weighted by Crippen LogP contribution is 2.49. The molecule has 2 rings (SSSR count). The first kappa shape index (κ1) is 15.9. The molecular formula is C16H23Cl2NO. The molecule has 0 amide bonds. The third-order valence-corrected chi connectivity index (χ3v) is 5.06. The van der Waals surface area contributed by atoms with Gasteiger partial charge in [0.15, 0.2) is 0 Å². The summed E-state index contributed by atoms with van der Waals surface area (Å²) in [5.41, 5.74) is 1.33. The largest absolute Gasteiger partial charge is 0.495 e. The maximum absolute atomic E-state index is 6.47. The second-order valence-corrected chi connectivity index (χ2v) is 6.67.